The SMILES string of the molecule is CC1CCC(Nc2nc(Br)cs2)CC1C. The first kappa shape index (κ1) is 11.4. The number of anilines is 1. The van der Waals surface area contributed by atoms with E-state index in [2.05, 4.69) is 40.1 Å². The number of thiazole rings is 1. The average molecular weight is 289 g/mol. The van der Waals surface area contributed by atoms with Gasteiger partial charge in [0.05, 0.1) is 0 Å². The molecular formula is C11H17BrN2S. The Hall–Kier alpha value is -0.0900. The number of nitrogens with one attached hydrogen (secondary N) is 1. The van der Waals surface area contributed by atoms with Crippen molar-refractivity contribution in [2.75, 3.05) is 5.32 Å². The van der Waals surface area contributed by atoms with Gasteiger partial charge in [-0.15, -0.1) is 11.3 Å². The Kier molecular flexibility index (Phi) is 3.67. The minimum absolute atomic E-state index is 0.620. The van der Waals surface area contributed by atoms with Crippen LogP contribution in [0.3, 0.4) is 0 Å². The van der Waals surface area contributed by atoms with E-state index in [4.69, 9.17) is 0 Å². The summed E-state index contributed by atoms with van der Waals surface area (Å²) >= 11 is 5.05. The first-order chi connectivity index (χ1) is 7.15. The van der Waals surface area contributed by atoms with Gasteiger partial charge in [0.2, 0.25) is 0 Å². The molecule has 0 radical (unpaired) electrons. The highest BCUT2D eigenvalue weighted by molar-refractivity contribution is 9.10. The van der Waals surface area contributed by atoms with Gasteiger partial charge in [-0.2, -0.15) is 0 Å². The highest BCUT2D eigenvalue weighted by atomic mass is 79.9. The molecule has 0 aromatic carbocycles. The molecule has 1 saturated carbocycles. The molecule has 3 unspecified atom stereocenters. The number of halogens is 1. The molecule has 2 rings (SSSR count). The second-order valence-corrected chi connectivity index (χ2v) is 6.25. The highest BCUT2D eigenvalue weighted by Crippen LogP contribution is 2.31. The second-order valence-electron chi connectivity index (χ2n) is 4.58. The van der Waals surface area contributed by atoms with E-state index in [1.807, 2.05) is 5.38 Å². The molecule has 0 aliphatic heterocycles. The normalized spacial score (nSPS) is 31.5. The predicted octanol–water partition coefficient (Wildman–Crippen LogP) is 4.14. The Morgan fingerprint density at radius 1 is 1.40 bits per heavy atom. The molecular weight excluding hydrogens is 272 g/mol. The number of aromatic nitrogens is 1. The van der Waals surface area contributed by atoms with Crippen molar-refractivity contribution in [1.82, 2.24) is 4.98 Å². The molecule has 1 N–H and O–H groups in total. The molecule has 1 aromatic rings. The van der Waals surface area contributed by atoms with Crippen molar-refractivity contribution >= 4 is 32.4 Å². The van der Waals surface area contributed by atoms with Gasteiger partial charge in [-0.25, -0.2) is 4.98 Å². The van der Waals surface area contributed by atoms with E-state index in [9.17, 15) is 0 Å². The summed E-state index contributed by atoms with van der Waals surface area (Å²) in [6.07, 6.45) is 3.90. The van der Waals surface area contributed by atoms with Gasteiger partial charge in [-0.05, 0) is 47.0 Å². The average Bonchev–Trinajstić information content (AvgIpc) is 2.58. The van der Waals surface area contributed by atoms with Crippen molar-refractivity contribution in [2.24, 2.45) is 11.8 Å². The second kappa shape index (κ2) is 4.83. The number of hydrogen-bond donors (Lipinski definition) is 1. The molecule has 2 nitrogen and oxygen atoms in total. The lowest BCUT2D eigenvalue weighted by Gasteiger charge is -2.32. The van der Waals surface area contributed by atoms with E-state index in [0.29, 0.717) is 6.04 Å². The van der Waals surface area contributed by atoms with Crippen LogP contribution in [0, 0.1) is 11.8 Å². The maximum atomic E-state index is 4.37. The quantitative estimate of drug-likeness (QED) is 0.885. The molecule has 0 amide bonds. The third kappa shape index (κ3) is 2.94. The van der Waals surface area contributed by atoms with Crippen LogP contribution in [-0.4, -0.2) is 11.0 Å². The first-order valence-electron chi connectivity index (χ1n) is 5.52. The van der Waals surface area contributed by atoms with Gasteiger partial charge in [0, 0.05) is 11.4 Å². The molecule has 1 aromatic heterocycles. The van der Waals surface area contributed by atoms with Crippen molar-refractivity contribution in [3.05, 3.63) is 9.98 Å². The van der Waals surface area contributed by atoms with E-state index in [1.54, 1.807) is 11.3 Å². The molecule has 1 heterocycles. The maximum Gasteiger partial charge on any atom is 0.183 e. The first-order valence-corrected chi connectivity index (χ1v) is 7.20. The van der Waals surface area contributed by atoms with E-state index < -0.39 is 0 Å². The van der Waals surface area contributed by atoms with Gasteiger partial charge in [0.1, 0.15) is 4.60 Å². The van der Waals surface area contributed by atoms with Crippen LogP contribution in [0.1, 0.15) is 33.1 Å². The summed E-state index contributed by atoms with van der Waals surface area (Å²) in [4.78, 5) is 4.37. The molecule has 15 heavy (non-hydrogen) atoms. The minimum Gasteiger partial charge on any atom is -0.359 e. The number of nitrogens with zero attached hydrogens (tertiary/aromatic N) is 1. The third-order valence-electron chi connectivity index (χ3n) is 3.40. The molecule has 1 aliphatic rings. The largest absolute Gasteiger partial charge is 0.359 e. The van der Waals surface area contributed by atoms with E-state index in [0.717, 1.165) is 21.6 Å². The van der Waals surface area contributed by atoms with Crippen LogP contribution in [0.2, 0.25) is 0 Å². The smallest absolute Gasteiger partial charge is 0.183 e. The van der Waals surface area contributed by atoms with Crippen LogP contribution >= 0.6 is 27.3 Å². The molecule has 0 saturated heterocycles. The van der Waals surface area contributed by atoms with Gasteiger partial charge in [-0.3, -0.25) is 0 Å². The summed E-state index contributed by atoms with van der Waals surface area (Å²) in [7, 11) is 0. The van der Waals surface area contributed by atoms with Crippen molar-refractivity contribution in [3.63, 3.8) is 0 Å². The fraction of sp³-hybridized carbons (Fsp3) is 0.727. The Balaban J connectivity index is 1.90. The van der Waals surface area contributed by atoms with Crippen LogP contribution in [0.5, 0.6) is 0 Å². The van der Waals surface area contributed by atoms with Crippen molar-refractivity contribution < 1.29 is 0 Å². The standard InChI is InChI=1S/C11H17BrN2S/c1-7-3-4-9(5-8(7)2)13-11-14-10(12)6-15-11/h6-9H,3-5H2,1-2H3,(H,13,14). The monoisotopic (exact) mass is 288 g/mol. The highest BCUT2D eigenvalue weighted by Gasteiger charge is 2.24. The Bertz CT molecular complexity index is 326. The lowest BCUT2D eigenvalue weighted by molar-refractivity contribution is 0.261. The topological polar surface area (TPSA) is 24.9 Å². The summed E-state index contributed by atoms with van der Waals surface area (Å²) in [5.41, 5.74) is 0. The number of rotatable bonds is 2. The lowest BCUT2D eigenvalue weighted by Crippen LogP contribution is -2.30. The zero-order chi connectivity index (χ0) is 10.8. The zero-order valence-electron chi connectivity index (χ0n) is 9.16. The maximum absolute atomic E-state index is 4.37. The molecule has 0 bridgehead atoms. The van der Waals surface area contributed by atoms with Crippen LogP contribution in [0.15, 0.2) is 9.98 Å². The molecule has 84 valence electrons. The van der Waals surface area contributed by atoms with E-state index >= 15 is 0 Å². The Labute approximate surface area is 104 Å². The molecule has 4 heteroatoms. The van der Waals surface area contributed by atoms with Gasteiger partial charge >= 0.3 is 0 Å². The predicted molar refractivity (Wildman–Crippen MR) is 69.4 cm³/mol. The van der Waals surface area contributed by atoms with Gasteiger partial charge < -0.3 is 5.32 Å². The van der Waals surface area contributed by atoms with Crippen molar-refractivity contribution in [1.29, 1.82) is 0 Å². The van der Waals surface area contributed by atoms with Gasteiger partial charge in [-0.1, -0.05) is 13.8 Å². The molecule has 1 fully saturated rings. The van der Waals surface area contributed by atoms with Crippen LogP contribution in [-0.2, 0) is 0 Å². The molecule has 3 atom stereocenters. The Morgan fingerprint density at radius 2 is 2.20 bits per heavy atom. The summed E-state index contributed by atoms with van der Waals surface area (Å²) in [5.74, 6) is 1.71. The van der Waals surface area contributed by atoms with Crippen LogP contribution in [0.4, 0.5) is 5.13 Å². The van der Waals surface area contributed by atoms with Crippen molar-refractivity contribution in [2.45, 2.75) is 39.2 Å². The zero-order valence-corrected chi connectivity index (χ0v) is 11.6. The lowest BCUT2D eigenvalue weighted by atomic mass is 9.79. The van der Waals surface area contributed by atoms with Gasteiger partial charge in [0.25, 0.3) is 0 Å². The summed E-state index contributed by atoms with van der Waals surface area (Å²) in [6, 6.07) is 0.620. The number of hydrogen-bond acceptors (Lipinski definition) is 3. The van der Waals surface area contributed by atoms with Gasteiger partial charge in [0.15, 0.2) is 5.13 Å². The van der Waals surface area contributed by atoms with Crippen molar-refractivity contribution in [3.8, 4) is 0 Å². The van der Waals surface area contributed by atoms with Crippen LogP contribution < -0.4 is 5.32 Å². The summed E-state index contributed by atoms with van der Waals surface area (Å²) in [5, 5.41) is 6.60. The third-order valence-corrected chi connectivity index (χ3v) is 4.88. The van der Waals surface area contributed by atoms with E-state index in [1.165, 1.54) is 19.3 Å². The van der Waals surface area contributed by atoms with E-state index in [-0.39, 0.29) is 0 Å². The fourth-order valence-electron chi connectivity index (χ4n) is 2.17. The molecule has 0 spiro atoms. The minimum atomic E-state index is 0.620. The Morgan fingerprint density at radius 3 is 2.80 bits per heavy atom. The summed E-state index contributed by atoms with van der Waals surface area (Å²) < 4.78 is 0.937. The van der Waals surface area contributed by atoms with Crippen LogP contribution in [0.25, 0.3) is 0 Å². The summed E-state index contributed by atoms with van der Waals surface area (Å²) in [6.45, 7) is 4.72. The molecule has 1 aliphatic carbocycles. The fourth-order valence-corrected chi connectivity index (χ4v) is 3.40.